The van der Waals surface area contributed by atoms with Crippen LogP contribution in [0, 0.1) is 0 Å². The number of halogens is 1. The molecule has 1 atom stereocenters. The monoisotopic (exact) mass is 211 g/mol. The van der Waals surface area contributed by atoms with Gasteiger partial charge in [-0.2, -0.15) is 0 Å². The van der Waals surface area contributed by atoms with Crippen LogP contribution in [0.5, 0.6) is 0 Å². The first-order chi connectivity index (χ1) is 6.83. The fraction of sp³-hybridized carbons (Fsp3) is 0.500. The molecule has 78 valence electrons. The highest BCUT2D eigenvalue weighted by Gasteiger charge is 1.99. The smallest absolute Gasteiger partial charge is 0.0224 e. The van der Waals surface area contributed by atoms with Gasteiger partial charge < -0.3 is 5.32 Å². The fourth-order valence-electron chi connectivity index (χ4n) is 1.37. The first kappa shape index (κ1) is 11.5. The van der Waals surface area contributed by atoms with Crippen molar-refractivity contribution in [2.24, 2.45) is 0 Å². The highest BCUT2D eigenvalue weighted by atomic mass is 35.5. The Balaban J connectivity index is 2.20. The molecule has 1 aromatic carbocycles. The molecule has 0 saturated heterocycles. The number of benzene rings is 1. The van der Waals surface area contributed by atoms with Crippen molar-refractivity contribution >= 4 is 11.6 Å². The fourth-order valence-corrected chi connectivity index (χ4v) is 1.53. The Morgan fingerprint density at radius 1 is 1.29 bits per heavy atom. The quantitative estimate of drug-likeness (QED) is 0.713. The molecule has 0 amide bonds. The summed E-state index contributed by atoms with van der Waals surface area (Å²) in [4.78, 5) is 0. The summed E-state index contributed by atoms with van der Waals surface area (Å²) in [7, 11) is 0. The summed E-state index contributed by atoms with van der Waals surface area (Å²) >= 11 is 5.63. The molecule has 0 saturated carbocycles. The largest absolute Gasteiger partial charge is 0.310 e. The molecule has 0 heterocycles. The maximum atomic E-state index is 5.63. The summed E-state index contributed by atoms with van der Waals surface area (Å²) in [5, 5.41) is 3.48. The third-order valence-electron chi connectivity index (χ3n) is 2.27. The Labute approximate surface area is 91.5 Å². The summed E-state index contributed by atoms with van der Waals surface area (Å²) < 4.78 is 0. The van der Waals surface area contributed by atoms with E-state index in [2.05, 4.69) is 36.5 Å². The second-order valence-electron chi connectivity index (χ2n) is 3.60. The van der Waals surface area contributed by atoms with Crippen molar-refractivity contribution in [1.29, 1.82) is 0 Å². The van der Waals surface area contributed by atoms with Crippen LogP contribution < -0.4 is 5.32 Å². The Morgan fingerprint density at radius 2 is 2.00 bits per heavy atom. The summed E-state index contributed by atoms with van der Waals surface area (Å²) in [6, 6.07) is 11.0. The van der Waals surface area contributed by atoms with E-state index >= 15 is 0 Å². The second-order valence-corrected chi connectivity index (χ2v) is 3.98. The normalized spacial score (nSPS) is 12.7. The van der Waals surface area contributed by atoms with Crippen molar-refractivity contribution in [2.45, 2.75) is 32.4 Å². The number of hydrogen-bond acceptors (Lipinski definition) is 1. The summed E-state index contributed by atoms with van der Waals surface area (Å²) in [6.07, 6.45) is 2.24. The minimum atomic E-state index is 0.550. The zero-order valence-corrected chi connectivity index (χ0v) is 9.43. The molecule has 0 spiro atoms. The Bertz CT molecular complexity index is 235. The van der Waals surface area contributed by atoms with Crippen LogP contribution in [-0.4, -0.2) is 11.9 Å². The zero-order chi connectivity index (χ0) is 10.2. The van der Waals surface area contributed by atoms with Crippen molar-refractivity contribution in [3.8, 4) is 0 Å². The maximum absolute atomic E-state index is 5.63. The number of nitrogens with one attached hydrogen (secondary N) is 1. The molecule has 0 radical (unpaired) electrons. The summed E-state index contributed by atoms with van der Waals surface area (Å²) in [5.41, 5.74) is 1.34. The lowest BCUT2D eigenvalue weighted by Crippen LogP contribution is -2.25. The van der Waals surface area contributed by atoms with Gasteiger partial charge in [-0.25, -0.2) is 0 Å². The summed E-state index contributed by atoms with van der Waals surface area (Å²) in [6.45, 7) is 3.15. The van der Waals surface area contributed by atoms with E-state index in [-0.39, 0.29) is 0 Å². The third-order valence-corrected chi connectivity index (χ3v) is 2.54. The van der Waals surface area contributed by atoms with Crippen LogP contribution in [0.1, 0.15) is 25.3 Å². The van der Waals surface area contributed by atoms with Crippen molar-refractivity contribution in [3.05, 3.63) is 35.9 Å². The van der Waals surface area contributed by atoms with Gasteiger partial charge in [-0.05, 0) is 25.3 Å². The third kappa shape index (κ3) is 4.64. The van der Waals surface area contributed by atoms with Gasteiger partial charge in [-0.1, -0.05) is 30.3 Å². The molecule has 1 unspecified atom stereocenters. The van der Waals surface area contributed by atoms with Crippen molar-refractivity contribution in [1.82, 2.24) is 5.32 Å². The first-order valence-electron chi connectivity index (χ1n) is 5.16. The maximum Gasteiger partial charge on any atom is 0.0224 e. The number of alkyl halides is 1. The van der Waals surface area contributed by atoms with E-state index in [1.165, 1.54) is 5.56 Å². The molecule has 2 heteroatoms. The van der Waals surface area contributed by atoms with Crippen LogP contribution >= 0.6 is 11.6 Å². The minimum absolute atomic E-state index is 0.550. The van der Waals surface area contributed by atoms with E-state index < -0.39 is 0 Å². The van der Waals surface area contributed by atoms with Gasteiger partial charge in [0.15, 0.2) is 0 Å². The van der Waals surface area contributed by atoms with Crippen LogP contribution in [0.2, 0.25) is 0 Å². The molecule has 0 aliphatic rings. The molecular weight excluding hydrogens is 194 g/mol. The predicted octanol–water partition coefficient (Wildman–Crippen LogP) is 3.18. The van der Waals surface area contributed by atoms with Gasteiger partial charge >= 0.3 is 0 Å². The van der Waals surface area contributed by atoms with Gasteiger partial charge in [0.25, 0.3) is 0 Å². The number of hydrogen-bond donors (Lipinski definition) is 1. The van der Waals surface area contributed by atoms with Crippen LogP contribution in [-0.2, 0) is 6.54 Å². The van der Waals surface area contributed by atoms with Crippen molar-refractivity contribution < 1.29 is 0 Å². The molecule has 0 aliphatic heterocycles. The lowest BCUT2D eigenvalue weighted by atomic mass is 10.1. The number of rotatable bonds is 6. The highest BCUT2D eigenvalue weighted by Crippen LogP contribution is 2.01. The molecule has 0 bridgehead atoms. The van der Waals surface area contributed by atoms with Gasteiger partial charge in [-0.15, -0.1) is 11.6 Å². The molecule has 1 rings (SSSR count). The standard InChI is InChI=1S/C12H18ClN/c1-11(6-5-9-13)14-10-12-7-3-2-4-8-12/h2-4,7-8,11,14H,5-6,9-10H2,1H3. The van der Waals surface area contributed by atoms with Crippen LogP contribution in [0.15, 0.2) is 30.3 Å². The zero-order valence-electron chi connectivity index (χ0n) is 8.67. The van der Waals surface area contributed by atoms with Gasteiger partial charge in [-0.3, -0.25) is 0 Å². The van der Waals surface area contributed by atoms with Crippen LogP contribution in [0.25, 0.3) is 0 Å². The molecular formula is C12H18ClN. The lowest BCUT2D eigenvalue weighted by molar-refractivity contribution is 0.509. The second kappa shape index (κ2) is 6.86. The molecule has 0 aliphatic carbocycles. The molecule has 14 heavy (non-hydrogen) atoms. The SMILES string of the molecule is CC(CCCCl)NCc1ccccc1. The van der Waals surface area contributed by atoms with Crippen molar-refractivity contribution in [3.63, 3.8) is 0 Å². The van der Waals surface area contributed by atoms with E-state index in [1.807, 2.05) is 6.07 Å². The molecule has 0 aromatic heterocycles. The molecule has 1 aromatic rings. The van der Waals surface area contributed by atoms with Gasteiger partial charge in [0.2, 0.25) is 0 Å². The molecule has 0 fully saturated rings. The van der Waals surface area contributed by atoms with E-state index in [0.717, 1.165) is 25.3 Å². The molecule has 1 nitrogen and oxygen atoms in total. The first-order valence-corrected chi connectivity index (χ1v) is 5.69. The lowest BCUT2D eigenvalue weighted by Gasteiger charge is -2.12. The van der Waals surface area contributed by atoms with E-state index in [9.17, 15) is 0 Å². The van der Waals surface area contributed by atoms with Gasteiger partial charge in [0.05, 0.1) is 0 Å². The van der Waals surface area contributed by atoms with E-state index in [4.69, 9.17) is 11.6 Å². The minimum Gasteiger partial charge on any atom is -0.310 e. The average Bonchev–Trinajstić information content (AvgIpc) is 2.25. The van der Waals surface area contributed by atoms with E-state index in [0.29, 0.717) is 6.04 Å². The summed E-state index contributed by atoms with van der Waals surface area (Å²) in [5.74, 6) is 0.761. The van der Waals surface area contributed by atoms with Crippen LogP contribution in [0.4, 0.5) is 0 Å². The molecule has 1 N–H and O–H groups in total. The predicted molar refractivity (Wildman–Crippen MR) is 62.7 cm³/mol. The Kier molecular flexibility index (Phi) is 5.65. The van der Waals surface area contributed by atoms with Gasteiger partial charge in [0.1, 0.15) is 0 Å². The van der Waals surface area contributed by atoms with E-state index in [1.54, 1.807) is 0 Å². The Morgan fingerprint density at radius 3 is 2.64 bits per heavy atom. The topological polar surface area (TPSA) is 12.0 Å². The Hall–Kier alpha value is -0.530. The van der Waals surface area contributed by atoms with Crippen LogP contribution in [0.3, 0.4) is 0 Å². The highest BCUT2D eigenvalue weighted by molar-refractivity contribution is 6.17. The average molecular weight is 212 g/mol. The van der Waals surface area contributed by atoms with Gasteiger partial charge in [0, 0.05) is 18.5 Å². The van der Waals surface area contributed by atoms with Crippen molar-refractivity contribution in [2.75, 3.05) is 5.88 Å².